The van der Waals surface area contributed by atoms with E-state index in [0.29, 0.717) is 6.04 Å². The van der Waals surface area contributed by atoms with Gasteiger partial charge in [-0.15, -0.1) is 0 Å². The fourth-order valence-electron chi connectivity index (χ4n) is 2.99. The van der Waals surface area contributed by atoms with E-state index in [2.05, 4.69) is 5.32 Å². The van der Waals surface area contributed by atoms with Gasteiger partial charge in [-0.3, -0.25) is 4.79 Å². The molecule has 1 saturated carbocycles. The maximum Gasteiger partial charge on any atom is 0.175 e. The van der Waals surface area contributed by atoms with Crippen molar-refractivity contribution < 1.29 is 9.53 Å². The normalized spacial score (nSPS) is 35.9. The van der Waals surface area contributed by atoms with Crippen LogP contribution in [0.5, 0.6) is 0 Å². The molecule has 2 aliphatic rings. The first-order chi connectivity index (χ1) is 7.31. The molecule has 2 fully saturated rings. The lowest BCUT2D eigenvalue weighted by molar-refractivity contribution is -0.126. The number of nitrogens with one attached hydrogen (secondary N) is 1. The molecule has 1 aliphatic heterocycles. The van der Waals surface area contributed by atoms with Crippen LogP contribution in [0.25, 0.3) is 0 Å². The minimum Gasteiger partial charge on any atom is -0.377 e. The summed E-state index contributed by atoms with van der Waals surface area (Å²) in [6, 6.07) is 0.655. The zero-order valence-corrected chi connectivity index (χ0v) is 9.50. The maximum atomic E-state index is 11.7. The highest BCUT2D eigenvalue weighted by molar-refractivity contribution is 5.85. The van der Waals surface area contributed by atoms with E-state index >= 15 is 0 Å². The van der Waals surface area contributed by atoms with Crippen LogP contribution in [0.2, 0.25) is 0 Å². The van der Waals surface area contributed by atoms with Crippen molar-refractivity contribution >= 4 is 5.78 Å². The molecule has 3 heteroatoms. The van der Waals surface area contributed by atoms with Crippen molar-refractivity contribution in [3.63, 3.8) is 0 Å². The highest BCUT2D eigenvalue weighted by Gasteiger charge is 2.33. The van der Waals surface area contributed by atoms with E-state index in [1.54, 1.807) is 7.11 Å². The van der Waals surface area contributed by atoms with Crippen LogP contribution in [0.3, 0.4) is 0 Å². The summed E-state index contributed by atoms with van der Waals surface area (Å²) in [5.74, 6) is 1.05. The Balaban J connectivity index is 1.87. The molecule has 15 heavy (non-hydrogen) atoms. The molecule has 3 unspecified atom stereocenters. The fourth-order valence-corrected chi connectivity index (χ4v) is 2.99. The van der Waals surface area contributed by atoms with E-state index in [1.165, 1.54) is 32.1 Å². The first-order valence-electron chi connectivity index (χ1n) is 6.09. The monoisotopic (exact) mass is 211 g/mol. The van der Waals surface area contributed by atoms with Gasteiger partial charge < -0.3 is 10.1 Å². The maximum absolute atomic E-state index is 11.7. The molecule has 1 N–H and O–H groups in total. The van der Waals surface area contributed by atoms with E-state index in [1.807, 2.05) is 0 Å². The summed E-state index contributed by atoms with van der Waals surface area (Å²) in [7, 11) is 1.59. The second kappa shape index (κ2) is 5.08. The van der Waals surface area contributed by atoms with Crippen molar-refractivity contribution in [2.24, 2.45) is 5.92 Å². The molecular formula is C12H21NO2. The second-order valence-electron chi connectivity index (χ2n) is 4.85. The number of ketones is 1. The quantitative estimate of drug-likeness (QED) is 0.769. The van der Waals surface area contributed by atoms with E-state index in [-0.39, 0.29) is 18.4 Å². The van der Waals surface area contributed by atoms with Crippen LogP contribution in [0.1, 0.15) is 38.5 Å². The van der Waals surface area contributed by atoms with Crippen LogP contribution in [-0.2, 0) is 9.53 Å². The number of hydrogen-bond acceptors (Lipinski definition) is 3. The number of piperidine rings is 1. The van der Waals surface area contributed by atoms with Crippen LogP contribution < -0.4 is 5.32 Å². The topological polar surface area (TPSA) is 38.3 Å². The van der Waals surface area contributed by atoms with Crippen LogP contribution in [0.15, 0.2) is 0 Å². The molecule has 0 spiro atoms. The predicted molar refractivity (Wildman–Crippen MR) is 58.8 cm³/mol. The Kier molecular flexibility index (Phi) is 3.76. The zero-order valence-electron chi connectivity index (χ0n) is 9.50. The summed E-state index contributed by atoms with van der Waals surface area (Å²) >= 11 is 0. The van der Waals surface area contributed by atoms with Crippen molar-refractivity contribution in [1.82, 2.24) is 5.32 Å². The lowest BCUT2D eigenvalue weighted by atomic mass is 9.77. The Morgan fingerprint density at radius 3 is 2.87 bits per heavy atom. The van der Waals surface area contributed by atoms with Gasteiger partial charge in [0.05, 0.1) is 6.04 Å². The smallest absolute Gasteiger partial charge is 0.175 e. The third-order valence-corrected chi connectivity index (χ3v) is 3.83. The van der Waals surface area contributed by atoms with Gasteiger partial charge in [-0.25, -0.2) is 0 Å². The molecule has 2 rings (SSSR count). The van der Waals surface area contributed by atoms with Crippen molar-refractivity contribution in [1.29, 1.82) is 0 Å². The summed E-state index contributed by atoms with van der Waals surface area (Å²) in [4.78, 5) is 11.7. The molecule has 3 nitrogen and oxygen atoms in total. The number of fused-ring (bicyclic) bond motifs is 1. The third-order valence-electron chi connectivity index (χ3n) is 3.83. The van der Waals surface area contributed by atoms with Crippen LogP contribution >= 0.6 is 0 Å². The average Bonchev–Trinajstić information content (AvgIpc) is 2.29. The van der Waals surface area contributed by atoms with Gasteiger partial charge in [-0.1, -0.05) is 12.8 Å². The molecule has 3 atom stereocenters. The number of carbonyl (C=O) groups is 1. The van der Waals surface area contributed by atoms with Crippen molar-refractivity contribution in [2.75, 3.05) is 13.7 Å². The number of rotatable bonds is 3. The molecule has 0 aromatic carbocycles. The summed E-state index contributed by atoms with van der Waals surface area (Å²) in [6.45, 7) is 0.259. The summed E-state index contributed by atoms with van der Waals surface area (Å²) < 4.78 is 4.90. The number of ether oxygens (including phenoxy) is 1. The largest absolute Gasteiger partial charge is 0.377 e. The predicted octanol–water partition coefficient (Wildman–Crippen LogP) is 1.51. The second-order valence-corrected chi connectivity index (χ2v) is 4.85. The number of carbonyl (C=O) groups excluding carboxylic acids is 1. The Bertz CT molecular complexity index is 230. The average molecular weight is 211 g/mol. The van der Waals surface area contributed by atoms with E-state index in [9.17, 15) is 4.79 Å². The molecule has 1 aliphatic carbocycles. The Labute approximate surface area is 91.6 Å². The molecule has 1 saturated heterocycles. The van der Waals surface area contributed by atoms with Crippen LogP contribution in [0.4, 0.5) is 0 Å². The molecule has 86 valence electrons. The Morgan fingerprint density at radius 1 is 1.27 bits per heavy atom. The summed E-state index contributed by atoms with van der Waals surface area (Å²) in [6.07, 6.45) is 7.52. The van der Waals surface area contributed by atoms with E-state index in [4.69, 9.17) is 4.74 Å². The molecule has 0 amide bonds. The molecular weight excluding hydrogens is 190 g/mol. The van der Waals surface area contributed by atoms with Gasteiger partial charge in [-0.05, 0) is 31.6 Å². The molecule has 0 bridgehead atoms. The Morgan fingerprint density at radius 2 is 2.07 bits per heavy atom. The van der Waals surface area contributed by atoms with Gasteiger partial charge in [0.2, 0.25) is 0 Å². The van der Waals surface area contributed by atoms with Gasteiger partial charge in [0, 0.05) is 13.2 Å². The molecule has 0 aromatic heterocycles. The highest BCUT2D eigenvalue weighted by Crippen LogP contribution is 2.32. The lowest BCUT2D eigenvalue weighted by Gasteiger charge is -2.39. The lowest BCUT2D eigenvalue weighted by Crippen LogP contribution is -2.52. The van der Waals surface area contributed by atoms with Gasteiger partial charge in [-0.2, -0.15) is 0 Å². The van der Waals surface area contributed by atoms with Crippen LogP contribution in [0, 0.1) is 5.92 Å². The van der Waals surface area contributed by atoms with E-state index < -0.39 is 0 Å². The third kappa shape index (κ3) is 2.58. The SMILES string of the molecule is COCC(=O)C1CCC2CCCCC2N1. The highest BCUT2D eigenvalue weighted by atomic mass is 16.5. The first-order valence-corrected chi connectivity index (χ1v) is 6.09. The van der Waals surface area contributed by atoms with Gasteiger partial charge in [0.15, 0.2) is 5.78 Å². The zero-order chi connectivity index (χ0) is 10.7. The fraction of sp³-hybridized carbons (Fsp3) is 0.917. The number of Topliss-reactive ketones (excluding diaryl/α,β-unsaturated/α-hetero) is 1. The van der Waals surface area contributed by atoms with Gasteiger partial charge in [0.1, 0.15) is 6.61 Å². The minimum atomic E-state index is 0.0595. The molecule has 1 heterocycles. The van der Waals surface area contributed by atoms with E-state index in [0.717, 1.165) is 12.3 Å². The van der Waals surface area contributed by atoms with Crippen LogP contribution in [-0.4, -0.2) is 31.6 Å². The first kappa shape index (κ1) is 11.1. The van der Waals surface area contributed by atoms with Crippen molar-refractivity contribution in [3.8, 4) is 0 Å². The van der Waals surface area contributed by atoms with Crippen molar-refractivity contribution in [3.05, 3.63) is 0 Å². The minimum absolute atomic E-state index is 0.0595. The van der Waals surface area contributed by atoms with Crippen molar-refractivity contribution in [2.45, 2.75) is 50.6 Å². The van der Waals surface area contributed by atoms with Gasteiger partial charge in [0.25, 0.3) is 0 Å². The molecule has 0 aromatic rings. The molecule has 0 radical (unpaired) electrons. The number of methoxy groups -OCH3 is 1. The number of hydrogen-bond donors (Lipinski definition) is 1. The summed E-state index contributed by atoms with van der Waals surface area (Å²) in [5, 5.41) is 3.51. The van der Waals surface area contributed by atoms with Gasteiger partial charge >= 0.3 is 0 Å². The summed E-state index contributed by atoms with van der Waals surface area (Å²) in [5.41, 5.74) is 0. The Hall–Kier alpha value is -0.410. The standard InChI is InChI=1S/C12H21NO2/c1-15-8-12(14)11-7-6-9-4-2-3-5-10(9)13-11/h9-11,13H,2-8H2,1H3.